The summed E-state index contributed by atoms with van der Waals surface area (Å²) < 4.78 is 11.1. The fourth-order valence-corrected chi connectivity index (χ4v) is 3.21. The molecule has 0 spiro atoms. The molecule has 2 aromatic carbocycles. The van der Waals surface area contributed by atoms with E-state index in [9.17, 15) is 9.90 Å². The van der Waals surface area contributed by atoms with E-state index in [0.717, 1.165) is 22.4 Å². The maximum Gasteiger partial charge on any atom is 0.304 e. The normalized spacial score (nSPS) is 12.2. The molecule has 0 unspecified atom stereocenters. The minimum Gasteiger partial charge on any atom is -0.496 e. The number of hydrogen-bond donors (Lipinski definition) is 1. The third-order valence-corrected chi connectivity index (χ3v) is 4.71. The van der Waals surface area contributed by atoms with E-state index in [4.69, 9.17) is 9.15 Å². The van der Waals surface area contributed by atoms with Crippen LogP contribution >= 0.6 is 0 Å². The van der Waals surface area contributed by atoms with Gasteiger partial charge in [-0.1, -0.05) is 44.2 Å². The van der Waals surface area contributed by atoms with Crippen molar-refractivity contribution in [3.63, 3.8) is 0 Å². The number of carbonyl (C=O) groups is 1. The highest BCUT2D eigenvalue weighted by Gasteiger charge is 2.24. The molecule has 1 heterocycles. The van der Waals surface area contributed by atoms with E-state index in [1.165, 1.54) is 5.56 Å². The summed E-state index contributed by atoms with van der Waals surface area (Å²) in [5.74, 6) is 0.426. The molecule has 3 aromatic rings. The Morgan fingerprint density at radius 3 is 2.54 bits per heavy atom. The van der Waals surface area contributed by atoms with E-state index in [2.05, 4.69) is 36.2 Å². The van der Waals surface area contributed by atoms with Crippen LogP contribution in [0.3, 0.4) is 0 Å². The van der Waals surface area contributed by atoms with Crippen molar-refractivity contribution in [3.05, 3.63) is 65.4 Å². The summed E-state index contributed by atoms with van der Waals surface area (Å²) >= 11 is 0. The van der Waals surface area contributed by atoms with Crippen LogP contribution in [0.2, 0.25) is 0 Å². The molecule has 1 aromatic heterocycles. The van der Waals surface area contributed by atoms with E-state index >= 15 is 0 Å². The zero-order valence-electron chi connectivity index (χ0n) is 16.5. The number of benzene rings is 2. The molecule has 6 nitrogen and oxygen atoms in total. The van der Waals surface area contributed by atoms with Gasteiger partial charge in [0.1, 0.15) is 5.75 Å². The van der Waals surface area contributed by atoms with Crippen LogP contribution in [0, 0.1) is 6.92 Å². The van der Waals surface area contributed by atoms with Gasteiger partial charge in [-0.3, -0.25) is 4.79 Å². The van der Waals surface area contributed by atoms with Crippen molar-refractivity contribution in [2.75, 3.05) is 7.11 Å². The lowest BCUT2D eigenvalue weighted by molar-refractivity contribution is -0.137. The zero-order valence-corrected chi connectivity index (χ0v) is 16.5. The molecule has 0 amide bonds. The second kappa shape index (κ2) is 8.25. The van der Waals surface area contributed by atoms with Crippen molar-refractivity contribution in [1.29, 1.82) is 0 Å². The highest BCUT2D eigenvalue weighted by atomic mass is 16.5. The second-order valence-electron chi connectivity index (χ2n) is 7.05. The Labute approximate surface area is 164 Å². The first-order valence-electron chi connectivity index (χ1n) is 9.19. The van der Waals surface area contributed by atoms with Crippen LogP contribution in [0.15, 0.2) is 46.9 Å². The third kappa shape index (κ3) is 4.22. The summed E-state index contributed by atoms with van der Waals surface area (Å²) in [6.07, 6.45) is -0.131. The maximum atomic E-state index is 11.4. The number of aromatic nitrogens is 2. The molecule has 28 heavy (non-hydrogen) atoms. The number of carboxylic acids is 1. The SMILES string of the molecule is COc1ccc(C(C)C)cc1-c1cccc([C@H](CC(=O)O)c2nnc(C)o2)c1. The molecule has 6 heteroatoms. The quantitative estimate of drug-likeness (QED) is 0.635. The Morgan fingerprint density at radius 1 is 1.14 bits per heavy atom. The Hall–Kier alpha value is -3.15. The van der Waals surface area contributed by atoms with Gasteiger partial charge in [-0.05, 0) is 34.7 Å². The summed E-state index contributed by atoms with van der Waals surface area (Å²) in [5.41, 5.74) is 3.92. The Bertz CT molecular complexity index is 978. The molecular formula is C22H24N2O4. The number of rotatable bonds is 7. The first-order chi connectivity index (χ1) is 13.4. The predicted octanol–water partition coefficient (Wildman–Crippen LogP) is 4.78. The van der Waals surface area contributed by atoms with Gasteiger partial charge in [-0.15, -0.1) is 10.2 Å². The zero-order chi connectivity index (χ0) is 20.3. The van der Waals surface area contributed by atoms with Crippen LogP contribution in [0.4, 0.5) is 0 Å². The molecule has 0 fully saturated rings. The van der Waals surface area contributed by atoms with Crippen LogP contribution in [0.25, 0.3) is 11.1 Å². The maximum absolute atomic E-state index is 11.4. The van der Waals surface area contributed by atoms with Crippen molar-refractivity contribution in [1.82, 2.24) is 10.2 Å². The Kier molecular flexibility index (Phi) is 5.78. The van der Waals surface area contributed by atoms with E-state index < -0.39 is 11.9 Å². The van der Waals surface area contributed by atoms with Crippen LogP contribution < -0.4 is 4.74 Å². The van der Waals surface area contributed by atoms with E-state index in [-0.39, 0.29) is 6.42 Å². The average molecular weight is 380 g/mol. The standard InChI is InChI=1S/C22H24N2O4/c1-13(2)15-8-9-20(27-4)18(11-15)16-6-5-7-17(10-16)19(12-21(25)26)22-24-23-14(3)28-22/h5-11,13,19H,12H2,1-4H3,(H,25,26)/t19-/m0/s1. The number of ether oxygens (including phenoxy) is 1. The lowest BCUT2D eigenvalue weighted by Crippen LogP contribution is -2.08. The molecule has 1 N–H and O–H groups in total. The lowest BCUT2D eigenvalue weighted by Gasteiger charge is -2.16. The van der Waals surface area contributed by atoms with Gasteiger partial charge < -0.3 is 14.3 Å². The summed E-state index contributed by atoms with van der Waals surface area (Å²) in [6, 6.07) is 13.9. The topological polar surface area (TPSA) is 85.5 Å². The van der Waals surface area contributed by atoms with Crippen molar-refractivity contribution < 1.29 is 19.1 Å². The smallest absolute Gasteiger partial charge is 0.304 e. The van der Waals surface area contributed by atoms with Gasteiger partial charge in [0, 0.05) is 12.5 Å². The minimum atomic E-state index is -0.925. The highest BCUT2D eigenvalue weighted by Crippen LogP contribution is 2.36. The van der Waals surface area contributed by atoms with Crippen molar-refractivity contribution >= 4 is 5.97 Å². The van der Waals surface area contributed by atoms with Crippen molar-refractivity contribution in [3.8, 4) is 16.9 Å². The first-order valence-corrected chi connectivity index (χ1v) is 9.19. The molecule has 1 atom stereocenters. The average Bonchev–Trinajstić information content (AvgIpc) is 3.11. The van der Waals surface area contributed by atoms with Gasteiger partial charge in [0.15, 0.2) is 0 Å². The number of aliphatic carboxylic acids is 1. The predicted molar refractivity (Wildman–Crippen MR) is 106 cm³/mol. The summed E-state index contributed by atoms with van der Waals surface area (Å²) in [7, 11) is 1.65. The van der Waals surface area contributed by atoms with Gasteiger partial charge in [-0.25, -0.2) is 0 Å². The van der Waals surface area contributed by atoms with Crippen LogP contribution in [0.1, 0.15) is 55.0 Å². The largest absolute Gasteiger partial charge is 0.496 e. The number of carboxylic acid groups (broad SMARTS) is 1. The highest BCUT2D eigenvalue weighted by molar-refractivity contribution is 5.73. The molecule has 146 valence electrons. The van der Waals surface area contributed by atoms with Crippen molar-refractivity contribution in [2.24, 2.45) is 0 Å². The summed E-state index contributed by atoms with van der Waals surface area (Å²) in [6.45, 7) is 5.97. The van der Waals surface area contributed by atoms with E-state index in [1.54, 1.807) is 14.0 Å². The fourth-order valence-electron chi connectivity index (χ4n) is 3.21. The molecule has 0 bridgehead atoms. The number of hydrogen-bond acceptors (Lipinski definition) is 5. The minimum absolute atomic E-state index is 0.131. The molecule has 3 rings (SSSR count). The second-order valence-corrected chi connectivity index (χ2v) is 7.05. The molecule has 0 saturated carbocycles. The molecule has 0 radical (unpaired) electrons. The monoisotopic (exact) mass is 380 g/mol. The molecule has 0 aliphatic heterocycles. The fraction of sp³-hybridized carbons (Fsp3) is 0.318. The number of nitrogens with zero attached hydrogens (tertiary/aromatic N) is 2. The summed E-state index contributed by atoms with van der Waals surface area (Å²) in [4.78, 5) is 11.4. The summed E-state index contributed by atoms with van der Waals surface area (Å²) in [5, 5.41) is 17.3. The molecule has 0 saturated heterocycles. The van der Waals surface area contributed by atoms with E-state index in [1.807, 2.05) is 30.3 Å². The first kappa shape index (κ1) is 19.6. The molecular weight excluding hydrogens is 356 g/mol. The Balaban J connectivity index is 2.08. The van der Waals surface area contributed by atoms with Gasteiger partial charge in [0.2, 0.25) is 11.8 Å². The van der Waals surface area contributed by atoms with Gasteiger partial charge >= 0.3 is 5.97 Å². The van der Waals surface area contributed by atoms with Gasteiger partial charge in [0.25, 0.3) is 0 Å². The Morgan fingerprint density at radius 2 is 1.93 bits per heavy atom. The van der Waals surface area contributed by atoms with Gasteiger partial charge in [-0.2, -0.15) is 0 Å². The molecule has 0 aliphatic carbocycles. The van der Waals surface area contributed by atoms with Crippen LogP contribution in [-0.2, 0) is 4.79 Å². The number of methoxy groups -OCH3 is 1. The van der Waals surface area contributed by atoms with Gasteiger partial charge in [0.05, 0.1) is 19.4 Å². The van der Waals surface area contributed by atoms with Crippen LogP contribution in [0.5, 0.6) is 5.75 Å². The lowest BCUT2D eigenvalue weighted by atomic mass is 9.91. The molecule has 0 aliphatic rings. The third-order valence-electron chi connectivity index (χ3n) is 4.71. The van der Waals surface area contributed by atoms with Crippen molar-refractivity contribution in [2.45, 2.75) is 39.0 Å². The number of aryl methyl sites for hydroxylation is 1. The van der Waals surface area contributed by atoms with Crippen LogP contribution in [-0.4, -0.2) is 28.4 Å². The van der Waals surface area contributed by atoms with E-state index in [0.29, 0.717) is 17.7 Å².